The first-order valence-corrected chi connectivity index (χ1v) is 5.62. The number of urea groups is 1. The molecule has 0 fully saturated rings. The van der Waals surface area contributed by atoms with Gasteiger partial charge in [-0.3, -0.25) is 0 Å². The largest absolute Gasteiger partial charge is 0.486 e. The fourth-order valence-corrected chi connectivity index (χ4v) is 1.48. The minimum atomic E-state index is -0.135. The van der Waals surface area contributed by atoms with Crippen molar-refractivity contribution in [1.29, 1.82) is 0 Å². The van der Waals surface area contributed by atoms with Gasteiger partial charge in [0.25, 0.3) is 0 Å². The van der Waals surface area contributed by atoms with Crippen molar-refractivity contribution in [3.05, 3.63) is 18.2 Å². The average Bonchev–Trinajstić information content (AvgIpc) is 2.37. The summed E-state index contributed by atoms with van der Waals surface area (Å²) in [5.74, 6) is 1.39. The maximum absolute atomic E-state index is 11.7. The molecule has 1 aliphatic rings. The summed E-state index contributed by atoms with van der Waals surface area (Å²) in [5, 5.41) is 2.79. The molecule has 92 valence electrons. The lowest BCUT2D eigenvalue weighted by atomic mass is 10.2. The number of nitrogens with zero attached hydrogens (tertiary/aromatic N) is 1. The Hall–Kier alpha value is -1.91. The first-order valence-electron chi connectivity index (χ1n) is 5.62. The van der Waals surface area contributed by atoms with Crippen LogP contribution in [0, 0.1) is 0 Å². The zero-order chi connectivity index (χ0) is 12.3. The molecule has 5 nitrogen and oxygen atoms in total. The highest BCUT2D eigenvalue weighted by Gasteiger charge is 2.13. The number of ether oxygens (including phenoxy) is 2. The molecule has 0 saturated heterocycles. The smallest absolute Gasteiger partial charge is 0.321 e. The second kappa shape index (κ2) is 4.95. The van der Waals surface area contributed by atoms with E-state index in [1.807, 2.05) is 6.92 Å². The zero-order valence-corrected chi connectivity index (χ0v) is 10.0. The molecule has 0 unspecified atom stereocenters. The Morgan fingerprint density at radius 3 is 2.76 bits per heavy atom. The van der Waals surface area contributed by atoms with Gasteiger partial charge in [0, 0.05) is 25.3 Å². The van der Waals surface area contributed by atoms with Crippen molar-refractivity contribution in [3.8, 4) is 11.5 Å². The number of benzene rings is 1. The molecule has 0 aliphatic carbocycles. The molecule has 0 atom stereocenters. The van der Waals surface area contributed by atoms with E-state index in [0.717, 1.165) is 5.75 Å². The second-order valence-electron chi connectivity index (χ2n) is 3.80. The van der Waals surface area contributed by atoms with Crippen molar-refractivity contribution < 1.29 is 14.3 Å². The van der Waals surface area contributed by atoms with Crippen molar-refractivity contribution >= 4 is 11.7 Å². The molecule has 17 heavy (non-hydrogen) atoms. The number of nitrogens with one attached hydrogen (secondary N) is 1. The van der Waals surface area contributed by atoms with Crippen LogP contribution in [-0.2, 0) is 0 Å². The zero-order valence-electron chi connectivity index (χ0n) is 10.0. The average molecular weight is 236 g/mol. The van der Waals surface area contributed by atoms with Gasteiger partial charge in [0.15, 0.2) is 11.5 Å². The van der Waals surface area contributed by atoms with Crippen LogP contribution in [0.1, 0.15) is 6.92 Å². The summed E-state index contributed by atoms with van der Waals surface area (Å²) in [6.07, 6.45) is 0. The number of hydrogen-bond donors (Lipinski definition) is 1. The number of rotatable bonds is 2. The highest BCUT2D eigenvalue weighted by Crippen LogP contribution is 2.32. The molecule has 5 heteroatoms. The van der Waals surface area contributed by atoms with E-state index in [1.165, 1.54) is 0 Å². The highest BCUT2D eigenvalue weighted by atomic mass is 16.6. The second-order valence-corrected chi connectivity index (χ2v) is 3.80. The highest BCUT2D eigenvalue weighted by molar-refractivity contribution is 5.89. The molecule has 2 rings (SSSR count). The molecule has 0 bridgehead atoms. The predicted molar refractivity (Wildman–Crippen MR) is 64.8 cm³/mol. The number of carbonyl (C=O) groups is 1. The number of amides is 2. The molecular weight excluding hydrogens is 220 g/mol. The Morgan fingerprint density at radius 2 is 2.06 bits per heavy atom. The van der Waals surface area contributed by atoms with Crippen molar-refractivity contribution in [3.63, 3.8) is 0 Å². The van der Waals surface area contributed by atoms with Gasteiger partial charge in [0.2, 0.25) is 0 Å². The van der Waals surface area contributed by atoms with Crippen molar-refractivity contribution in [2.45, 2.75) is 6.92 Å². The van der Waals surface area contributed by atoms with Crippen LogP contribution in [0.5, 0.6) is 11.5 Å². The van der Waals surface area contributed by atoms with Gasteiger partial charge in [-0.05, 0) is 19.1 Å². The van der Waals surface area contributed by atoms with E-state index >= 15 is 0 Å². The number of carbonyl (C=O) groups excluding carboxylic acids is 1. The minimum absolute atomic E-state index is 0.135. The Bertz CT molecular complexity index is 420. The summed E-state index contributed by atoms with van der Waals surface area (Å²) in [6, 6.07) is 5.24. The molecule has 1 aliphatic heterocycles. The summed E-state index contributed by atoms with van der Waals surface area (Å²) >= 11 is 0. The monoisotopic (exact) mass is 236 g/mol. The van der Waals surface area contributed by atoms with Crippen molar-refractivity contribution in [1.82, 2.24) is 4.90 Å². The third-order valence-electron chi connectivity index (χ3n) is 2.61. The van der Waals surface area contributed by atoms with Gasteiger partial charge in [-0.15, -0.1) is 0 Å². The Labute approximate surface area is 100 Å². The molecule has 0 spiro atoms. The fourth-order valence-electron chi connectivity index (χ4n) is 1.48. The van der Waals surface area contributed by atoms with Gasteiger partial charge in [-0.1, -0.05) is 0 Å². The van der Waals surface area contributed by atoms with E-state index in [0.29, 0.717) is 31.2 Å². The van der Waals surface area contributed by atoms with Crippen LogP contribution in [-0.4, -0.2) is 37.7 Å². The number of hydrogen-bond acceptors (Lipinski definition) is 3. The van der Waals surface area contributed by atoms with E-state index in [1.54, 1.807) is 30.1 Å². The summed E-state index contributed by atoms with van der Waals surface area (Å²) < 4.78 is 10.8. The summed E-state index contributed by atoms with van der Waals surface area (Å²) in [4.78, 5) is 13.2. The molecule has 1 aromatic carbocycles. The van der Waals surface area contributed by atoms with Crippen LogP contribution in [0.3, 0.4) is 0 Å². The van der Waals surface area contributed by atoms with Crippen molar-refractivity contribution in [2.24, 2.45) is 0 Å². The predicted octanol–water partition coefficient (Wildman–Crippen LogP) is 1.94. The maximum Gasteiger partial charge on any atom is 0.321 e. The molecule has 0 radical (unpaired) electrons. The normalized spacial score (nSPS) is 13.1. The first kappa shape index (κ1) is 11.6. The van der Waals surface area contributed by atoms with Crippen LogP contribution < -0.4 is 14.8 Å². The topological polar surface area (TPSA) is 50.8 Å². The third-order valence-corrected chi connectivity index (χ3v) is 2.61. The Morgan fingerprint density at radius 1 is 1.35 bits per heavy atom. The van der Waals surface area contributed by atoms with E-state index < -0.39 is 0 Å². The van der Waals surface area contributed by atoms with Gasteiger partial charge >= 0.3 is 6.03 Å². The maximum atomic E-state index is 11.7. The summed E-state index contributed by atoms with van der Waals surface area (Å²) in [7, 11) is 1.74. The van der Waals surface area contributed by atoms with Crippen LogP contribution in [0.4, 0.5) is 10.5 Å². The lowest BCUT2D eigenvalue weighted by Crippen LogP contribution is -2.30. The van der Waals surface area contributed by atoms with Gasteiger partial charge < -0.3 is 19.7 Å². The van der Waals surface area contributed by atoms with Crippen molar-refractivity contribution in [2.75, 3.05) is 32.1 Å². The van der Waals surface area contributed by atoms with Gasteiger partial charge in [0.1, 0.15) is 13.2 Å². The summed E-state index contributed by atoms with van der Waals surface area (Å²) in [5.41, 5.74) is 0.708. The summed E-state index contributed by atoms with van der Waals surface area (Å²) in [6.45, 7) is 3.69. The van der Waals surface area contributed by atoms with Crippen LogP contribution in [0.25, 0.3) is 0 Å². The fraction of sp³-hybridized carbons (Fsp3) is 0.417. The molecule has 0 saturated carbocycles. The Balaban J connectivity index is 2.09. The SMILES string of the molecule is CCN(C)C(=O)Nc1ccc2c(c1)OCCO2. The van der Waals surface area contributed by atoms with Gasteiger partial charge in [0.05, 0.1) is 0 Å². The molecular formula is C12H16N2O3. The van der Waals surface area contributed by atoms with Crippen LogP contribution >= 0.6 is 0 Å². The van der Waals surface area contributed by atoms with Crippen LogP contribution in [0.2, 0.25) is 0 Å². The number of fused-ring (bicyclic) bond motifs is 1. The van der Waals surface area contributed by atoms with E-state index in [4.69, 9.17) is 9.47 Å². The molecule has 0 aromatic heterocycles. The quantitative estimate of drug-likeness (QED) is 0.853. The lowest BCUT2D eigenvalue weighted by molar-refractivity contribution is 0.171. The third kappa shape index (κ3) is 2.61. The van der Waals surface area contributed by atoms with E-state index in [9.17, 15) is 4.79 Å². The van der Waals surface area contributed by atoms with Crippen LogP contribution in [0.15, 0.2) is 18.2 Å². The molecule has 2 amide bonds. The molecule has 1 heterocycles. The van der Waals surface area contributed by atoms with Gasteiger partial charge in [-0.25, -0.2) is 4.79 Å². The van der Waals surface area contributed by atoms with Gasteiger partial charge in [-0.2, -0.15) is 0 Å². The molecule has 1 aromatic rings. The lowest BCUT2D eigenvalue weighted by Gasteiger charge is -2.20. The molecule has 1 N–H and O–H groups in total. The Kier molecular flexibility index (Phi) is 3.37. The first-order chi connectivity index (χ1) is 8.20. The standard InChI is InChI=1S/C12H16N2O3/c1-3-14(2)12(15)13-9-4-5-10-11(8-9)17-7-6-16-10/h4-5,8H,3,6-7H2,1-2H3,(H,13,15). The minimum Gasteiger partial charge on any atom is -0.486 e. The number of anilines is 1. The van der Waals surface area contributed by atoms with E-state index in [-0.39, 0.29) is 6.03 Å². The van der Waals surface area contributed by atoms with E-state index in [2.05, 4.69) is 5.32 Å².